The zero-order chi connectivity index (χ0) is 12.6. The van der Waals surface area contributed by atoms with Crippen molar-refractivity contribution >= 4 is 0 Å². The van der Waals surface area contributed by atoms with E-state index in [4.69, 9.17) is 13.9 Å². The Kier molecular flexibility index (Phi) is 3.18. The minimum absolute atomic E-state index is 0.150. The van der Waals surface area contributed by atoms with Crippen LogP contribution in [0.5, 0.6) is 0 Å². The SMILES string of the molecule is Cc1cc(C(O)C2CCOC3(CCOC3)C2)co1. The van der Waals surface area contributed by atoms with E-state index in [0.717, 1.165) is 37.2 Å². The summed E-state index contributed by atoms with van der Waals surface area (Å²) in [5, 5.41) is 10.4. The van der Waals surface area contributed by atoms with Gasteiger partial charge in [-0.3, -0.25) is 0 Å². The van der Waals surface area contributed by atoms with Crippen LogP contribution in [0.4, 0.5) is 0 Å². The summed E-state index contributed by atoms with van der Waals surface area (Å²) >= 11 is 0. The predicted molar refractivity (Wildman–Crippen MR) is 65.2 cm³/mol. The molecule has 3 heterocycles. The molecule has 1 aromatic heterocycles. The third kappa shape index (κ3) is 2.20. The van der Waals surface area contributed by atoms with Gasteiger partial charge in [0.1, 0.15) is 5.76 Å². The van der Waals surface area contributed by atoms with E-state index in [-0.39, 0.29) is 11.5 Å². The number of furan rings is 1. The van der Waals surface area contributed by atoms with Crippen LogP contribution in [0.3, 0.4) is 0 Å². The normalized spacial score (nSPS) is 34.0. The maximum Gasteiger partial charge on any atom is 0.101 e. The Bertz CT molecular complexity index is 406. The van der Waals surface area contributed by atoms with Crippen molar-refractivity contribution in [1.29, 1.82) is 0 Å². The summed E-state index contributed by atoms with van der Waals surface area (Å²) in [6.45, 7) is 4.04. The zero-order valence-corrected chi connectivity index (χ0v) is 10.7. The molecule has 1 N–H and O–H groups in total. The summed E-state index contributed by atoms with van der Waals surface area (Å²) in [7, 11) is 0. The first-order chi connectivity index (χ1) is 8.69. The fourth-order valence-electron chi connectivity index (χ4n) is 3.09. The molecule has 3 unspecified atom stereocenters. The third-order valence-corrected chi connectivity index (χ3v) is 4.14. The van der Waals surface area contributed by atoms with Gasteiger partial charge < -0.3 is 19.0 Å². The lowest BCUT2D eigenvalue weighted by molar-refractivity contribution is -0.117. The van der Waals surface area contributed by atoms with Crippen molar-refractivity contribution in [3.8, 4) is 0 Å². The molecule has 2 aliphatic rings. The minimum Gasteiger partial charge on any atom is -0.469 e. The van der Waals surface area contributed by atoms with Crippen molar-refractivity contribution < 1.29 is 19.0 Å². The van der Waals surface area contributed by atoms with Crippen LogP contribution in [0.1, 0.15) is 36.7 Å². The lowest BCUT2D eigenvalue weighted by atomic mass is 9.80. The summed E-state index contributed by atoms with van der Waals surface area (Å²) in [6, 6.07) is 1.91. The Morgan fingerprint density at radius 2 is 2.33 bits per heavy atom. The summed E-state index contributed by atoms with van der Waals surface area (Å²) in [4.78, 5) is 0. The maximum absolute atomic E-state index is 10.4. The van der Waals surface area contributed by atoms with Crippen LogP contribution in [-0.4, -0.2) is 30.5 Å². The van der Waals surface area contributed by atoms with Crippen LogP contribution in [0.25, 0.3) is 0 Å². The Morgan fingerprint density at radius 1 is 1.44 bits per heavy atom. The number of ether oxygens (including phenoxy) is 2. The number of aliphatic hydroxyl groups is 1. The molecule has 1 aromatic rings. The van der Waals surface area contributed by atoms with E-state index >= 15 is 0 Å². The van der Waals surface area contributed by atoms with Crippen molar-refractivity contribution in [1.82, 2.24) is 0 Å². The highest BCUT2D eigenvalue weighted by molar-refractivity contribution is 5.16. The van der Waals surface area contributed by atoms with E-state index in [9.17, 15) is 5.11 Å². The standard InChI is InChI=1S/C14H20O4/c1-10-6-12(8-17-10)13(15)11-2-4-18-14(7-11)3-5-16-9-14/h6,8,11,13,15H,2-5,7,9H2,1H3. The second-order valence-corrected chi connectivity index (χ2v) is 5.52. The zero-order valence-electron chi connectivity index (χ0n) is 10.7. The average Bonchev–Trinajstić information content (AvgIpc) is 2.98. The monoisotopic (exact) mass is 252 g/mol. The van der Waals surface area contributed by atoms with E-state index in [1.807, 2.05) is 13.0 Å². The molecule has 18 heavy (non-hydrogen) atoms. The van der Waals surface area contributed by atoms with Gasteiger partial charge in [0, 0.05) is 25.2 Å². The molecule has 2 saturated heterocycles. The van der Waals surface area contributed by atoms with Gasteiger partial charge in [-0.25, -0.2) is 0 Å². The maximum atomic E-state index is 10.4. The van der Waals surface area contributed by atoms with Gasteiger partial charge in [-0.2, -0.15) is 0 Å². The first kappa shape index (κ1) is 12.2. The molecule has 0 amide bonds. The molecule has 0 aromatic carbocycles. The largest absolute Gasteiger partial charge is 0.469 e. The first-order valence-corrected chi connectivity index (χ1v) is 6.63. The number of hydrogen-bond donors (Lipinski definition) is 1. The Hall–Kier alpha value is -0.840. The van der Waals surface area contributed by atoms with Crippen molar-refractivity contribution in [3.05, 3.63) is 23.7 Å². The Balaban J connectivity index is 1.72. The molecule has 0 aliphatic carbocycles. The third-order valence-electron chi connectivity index (χ3n) is 4.14. The number of aryl methyl sites for hydroxylation is 1. The Labute approximate surface area is 107 Å². The molecule has 4 nitrogen and oxygen atoms in total. The van der Waals surface area contributed by atoms with E-state index in [1.165, 1.54) is 0 Å². The van der Waals surface area contributed by atoms with Crippen molar-refractivity contribution in [2.45, 2.75) is 37.9 Å². The molecule has 4 heteroatoms. The van der Waals surface area contributed by atoms with Crippen molar-refractivity contribution in [3.63, 3.8) is 0 Å². The predicted octanol–water partition coefficient (Wildman–Crippen LogP) is 2.21. The van der Waals surface area contributed by atoms with Crippen LogP contribution in [-0.2, 0) is 9.47 Å². The van der Waals surface area contributed by atoms with Gasteiger partial charge >= 0.3 is 0 Å². The summed E-state index contributed by atoms with van der Waals surface area (Å²) in [5.74, 6) is 1.08. The van der Waals surface area contributed by atoms with E-state index < -0.39 is 6.10 Å². The lowest BCUT2D eigenvalue weighted by Gasteiger charge is -2.38. The molecule has 3 rings (SSSR count). The Morgan fingerprint density at radius 3 is 3.00 bits per heavy atom. The van der Waals surface area contributed by atoms with Crippen molar-refractivity contribution in [2.24, 2.45) is 5.92 Å². The highest BCUT2D eigenvalue weighted by atomic mass is 16.6. The second-order valence-electron chi connectivity index (χ2n) is 5.52. The van der Waals surface area contributed by atoms with Gasteiger partial charge in [0.15, 0.2) is 0 Å². The quantitative estimate of drug-likeness (QED) is 0.876. The summed E-state index contributed by atoms with van der Waals surface area (Å²) < 4.78 is 16.6. The van der Waals surface area contributed by atoms with E-state index in [0.29, 0.717) is 13.2 Å². The fraction of sp³-hybridized carbons (Fsp3) is 0.714. The van der Waals surface area contributed by atoms with Crippen LogP contribution >= 0.6 is 0 Å². The molecule has 2 fully saturated rings. The number of aliphatic hydroxyl groups excluding tert-OH is 1. The van der Waals surface area contributed by atoms with Gasteiger partial charge in [0.2, 0.25) is 0 Å². The van der Waals surface area contributed by atoms with Gasteiger partial charge in [-0.1, -0.05) is 0 Å². The molecule has 1 spiro atoms. The van der Waals surface area contributed by atoms with Gasteiger partial charge in [0.25, 0.3) is 0 Å². The molecule has 0 saturated carbocycles. The topological polar surface area (TPSA) is 51.8 Å². The van der Waals surface area contributed by atoms with Crippen LogP contribution in [0, 0.1) is 12.8 Å². The molecule has 100 valence electrons. The van der Waals surface area contributed by atoms with Crippen molar-refractivity contribution in [2.75, 3.05) is 19.8 Å². The molecule has 3 atom stereocenters. The molecular weight excluding hydrogens is 232 g/mol. The second kappa shape index (κ2) is 4.68. The number of rotatable bonds is 2. The van der Waals surface area contributed by atoms with Gasteiger partial charge in [-0.15, -0.1) is 0 Å². The van der Waals surface area contributed by atoms with E-state index in [1.54, 1.807) is 6.26 Å². The highest BCUT2D eigenvalue weighted by Crippen LogP contribution is 2.41. The van der Waals surface area contributed by atoms with Crippen LogP contribution in [0.2, 0.25) is 0 Å². The average molecular weight is 252 g/mol. The first-order valence-electron chi connectivity index (χ1n) is 6.63. The van der Waals surface area contributed by atoms with E-state index in [2.05, 4.69) is 0 Å². The molecular formula is C14H20O4. The van der Waals surface area contributed by atoms with Gasteiger partial charge in [0.05, 0.1) is 24.6 Å². The molecule has 0 radical (unpaired) electrons. The smallest absolute Gasteiger partial charge is 0.101 e. The summed E-state index contributed by atoms with van der Waals surface area (Å²) in [6.07, 6.45) is 3.92. The van der Waals surface area contributed by atoms with Crippen LogP contribution < -0.4 is 0 Å². The molecule has 0 bridgehead atoms. The highest BCUT2D eigenvalue weighted by Gasteiger charge is 2.43. The molecule has 2 aliphatic heterocycles. The fourth-order valence-corrected chi connectivity index (χ4v) is 3.09. The minimum atomic E-state index is -0.455. The van der Waals surface area contributed by atoms with Gasteiger partial charge in [-0.05, 0) is 31.7 Å². The van der Waals surface area contributed by atoms with Crippen LogP contribution in [0.15, 0.2) is 16.7 Å². The summed E-state index contributed by atoms with van der Waals surface area (Å²) in [5.41, 5.74) is 0.733. The number of hydrogen-bond acceptors (Lipinski definition) is 4. The lowest BCUT2D eigenvalue weighted by Crippen LogP contribution is -2.41.